The largest absolute Gasteiger partial charge is 0.464 e. The lowest BCUT2D eigenvalue weighted by Gasteiger charge is -2.15. The highest BCUT2D eigenvalue weighted by Crippen LogP contribution is 2.05. The summed E-state index contributed by atoms with van der Waals surface area (Å²) in [6, 6.07) is -1.06. The molecule has 1 atom stereocenters. The molecule has 0 fully saturated rings. The van der Waals surface area contributed by atoms with Gasteiger partial charge in [-0.25, -0.2) is 4.79 Å². The molecule has 0 bridgehead atoms. The van der Waals surface area contributed by atoms with Crippen molar-refractivity contribution in [2.75, 3.05) is 18.9 Å². The fourth-order valence-electron chi connectivity index (χ4n) is 0.969. The zero-order valence-corrected chi connectivity index (χ0v) is 10.8. The number of nitrogens with zero attached hydrogens (tertiary/aromatic N) is 1. The quantitative estimate of drug-likeness (QED) is 0.382. The highest BCUT2D eigenvalue weighted by atomic mass is 32.2. The molecule has 0 heterocycles. The Kier molecular flexibility index (Phi) is 7.68. The first-order chi connectivity index (χ1) is 8.36. The van der Waals surface area contributed by atoms with Crippen LogP contribution in [0.3, 0.4) is 0 Å². The van der Waals surface area contributed by atoms with Gasteiger partial charge in [0.25, 0.3) is 12.5 Å². The average Bonchev–Trinajstić information content (AvgIpc) is 2.23. The van der Waals surface area contributed by atoms with Gasteiger partial charge in [0.05, 0.1) is 6.61 Å². The van der Waals surface area contributed by atoms with Crippen LogP contribution in [0.4, 0.5) is 0 Å². The number of rotatable bonds is 7. The second kappa shape index (κ2) is 8.45. The first-order valence-corrected chi connectivity index (χ1v) is 6.06. The highest BCUT2D eigenvalue weighted by Gasteiger charge is 2.24. The van der Waals surface area contributed by atoms with Gasteiger partial charge in [-0.05, 0) is 6.92 Å². The van der Waals surface area contributed by atoms with Gasteiger partial charge in [-0.3, -0.25) is 19.7 Å². The summed E-state index contributed by atoms with van der Waals surface area (Å²) < 4.78 is 4.69. The summed E-state index contributed by atoms with van der Waals surface area (Å²) in [6.45, 7) is 2.09. The molecule has 1 N–H and O–H groups in total. The molecule has 0 aromatic carbocycles. The second-order valence-corrected chi connectivity index (χ2v) is 4.36. The molecular weight excluding hydrogens is 264 g/mol. The maximum Gasteiger partial charge on any atom is 0.329 e. The van der Waals surface area contributed by atoms with Gasteiger partial charge in [0, 0.05) is 17.6 Å². The summed E-state index contributed by atoms with van der Waals surface area (Å²) in [5.41, 5.74) is 0. The Balaban J connectivity index is 4.45. The third-order valence-electron chi connectivity index (χ3n) is 1.63. The molecule has 0 unspecified atom stereocenters. The second-order valence-electron chi connectivity index (χ2n) is 3.17. The van der Waals surface area contributed by atoms with Crippen molar-refractivity contribution in [3.05, 3.63) is 10.1 Å². The first kappa shape index (κ1) is 16.4. The number of hydrogen-bond acceptors (Lipinski definition) is 7. The molecule has 0 aliphatic heterocycles. The van der Waals surface area contributed by atoms with Crippen molar-refractivity contribution < 1.29 is 24.0 Å². The van der Waals surface area contributed by atoms with Gasteiger partial charge in [0.1, 0.15) is 6.04 Å². The van der Waals surface area contributed by atoms with E-state index in [1.54, 1.807) is 6.92 Å². The molecule has 0 saturated carbocycles. The molecule has 102 valence electrons. The van der Waals surface area contributed by atoms with E-state index in [9.17, 15) is 24.5 Å². The third-order valence-corrected chi connectivity index (χ3v) is 2.54. The number of nitro groups is 1. The number of thioether (sulfide) groups is 1. The predicted octanol–water partition coefficient (Wildman–Crippen LogP) is -0.409. The molecule has 0 radical (unpaired) electrons. The maximum atomic E-state index is 11.4. The normalized spacial score (nSPS) is 11.4. The Labute approximate surface area is 108 Å². The van der Waals surface area contributed by atoms with Gasteiger partial charge in [-0.15, -0.1) is 0 Å². The number of carbonyl (C=O) groups excluding carboxylic acids is 3. The van der Waals surface area contributed by atoms with Gasteiger partial charge in [-0.2, -0.15) is 0 Å². The Morgan fingerprint density at radius 3 is 2.50 bits per heavy atom. The molecule has 18 heavy (non-hydrogen) atoms. The Morgan fingerprint density at radius 1 is 1.44 bits per heavy atom. The van der Waals surface area contributed by atoms with Crippen molar-refractivity contribution in [1.29, 1.82) is 0 Å². The van der Waals surface area contributed by atoms with Gasteiger partial charge in [0.15, 0.2) is 5.12 Å². The fraction of sp³-hybridized carbons (Fsp3) is 0.667. The van der Waals surface area contributed by atoms with E-state index in [0.29, 0.717) is 0 Å². The molecule has 0 aromatic heterocycles. The summed E-state index contributed by atoms with van der Waals surface area (Å²) in [5, 5.41) is 12.1. The molecule has 9 heteroatoms. The Hall–Kier alpha value is -1.64. The van der Waals surface area contributed by atoms with E-state index < -0.39 is 29.4 Å². The summed E-state index contributed by atoms with van der Waals surface area (Å²) >= 11 is 0.830. The van der Waals surface area contributed by atoms with Crippen molar-refractivity contribution in [3.63, 3.8) is 0 Å². The average molecular weight is 278 g/mol. The molecule has 8 nitrogen and oxygen atoms in total. The van der Waals surface area contributed by atoms with Crippen LogP contribution in [-0.2, 0) is 19.1 Å². The number of ether oxygens (including phenoxy) is 1. The molecule has 0 rings (SSSR count). The Morgan fingerprint density at radius 2 is 2.06 bits per heavy atom. The summed E-state index contributed by atoms with van der Waals surface area (Å²) in [5.74, 6) is -1.64. The van der Waals surface area contributed by atoms with Crippen LogP contribution in [0.25, 0.3) is 0 Å². The number of hydrogen-bond donors (Lipinski definition) is 1. The minimum absolute atomic E-state index is 0.0162. The number of carbonyl (C=O) groups is 3. The standard InChI is InChI=1S/C9H14N2O6S/c1-3-17-9(14)7(5-18-6(2)12)10-8(13)4-11(15)16/h7H,3-5H2,1-2H3,(H,10,13)/t7-/m0/s1. The van der Waals surface area contributed by atoms with Crippen LogP contribution < -0.4 is 5.32 Å². The van der Waals surface area contributed by atoms with Crippen LogP contribution >= 0.6 is 11.8 Å². The van der Waals surface area contributed by atoms with Crippen LogP contribution in [0, 0.1) is 10.1 Å². The van der Waals surface area contributed by atoms with E-state index in [4.69, 9.17) is 4.74 Å². The van der Waals surface area contributed by atoms with Crippen molar-refractivity contribution in [3.8, 4) is 0 Å². The SMILES string of the molecule is CCOC(=O)[C@H](CSC(C)=O)NC(=O)C[N+](=O)[O-]. The van der Waals surface area contributed by atoms with E-state index in [1.165, 1.54) is 6.92 Å². The number of esters is 1. The maximum absolute atomic E-state index is 11.4. The van der Waals surface area contributed by atoms with Crippen molar-refractivity contribution >= 4 is 28.8 Å². The summed E-state index contributed by atoms with van der Waals surface area (Å²) in [6.07, 6.45) is 0. The van der Waals surface area contributed by atoms with Gasteiger partial charge in [0.2, 0.25) is 0 Å². The van der Waals surface area contributed by atoms with E-state index in [-0.39, 0.29) is 17.5 Å². The molecule has 0 aromatic rings. The topological polar surface area (TPSA) is 116 Å². The molecule has 0 spiro atoms. The van der Waals surface area contributed by atoms with Crippen LogP contribution in [-0.4, -0.2) is 46.9 Å². The lowest BCUT2D eigenvalue weighted by molar-refractivity contribution is -0.467. The van der Waals surface area contributed by atoms with Gasteiger partial charge in [-0.1, -0.05) is 11.8 Å². The molecule has 0 aliphatic carbocycles. The number of nitrogens with one attached hydrogen (secondary N) is 1. The minimum atomic E-state index is -1.06. The van der Waals surface area contributed by atoms with E-state index in [2.05, 4.69) is 5.32 Å². The predicted molar refractivity (Wildman–Crippen MR) is 63.6 cm³/mol. The van der Waals surface area contributed by atoms with Crippen molar-refractivity contribution in [1.82, 2.24) is 5.32 Å². The zero-order chi connectivity index (χ0) is 14.1. The highest BCUT2D eigenvalue weighted by molar-refractivity contribution is 8.13. The van der Waals surface area contributed by atoms with E-state index >= 15 is 0 Å². The van der Waals surface area contributed by atoms with E-state index in [1.807, 2.05) is 0 Å². The summed E-state index contributed by atoms with van der Waals surface area (Å²) in [4.78, 5) is 42.7. The fourth-order valence-corrected chi connectivity index (χ4v) is 1.59. The Bertz CT molecular complexity index is 346. The lowest BCUT2D eigenvalue weighted by atomic mass is 10.3. The van der Waals surface area contributed by atoms with E-state index in [0.717, 1.165) is 11.8 Å². The first-order valence-electron chi connectivity index (χ1n) is 5.08. The van der Waals surface area contributed by atoms with Gasteiger partial charge >= 0.3 is 5.97 Å². The van der Waals surface area contributed by atoms with Gasteiger partial charge < -0.3 is 10.1 Å². The third kappa shape index (κ3) is 7.60. The molecule has 1 amide bonds. The minimum Gasteiger partial charge on any atom is -0.464 e. The van der Waals surface area contributed by atoms with Crippen molar-refractivity contribution in [2.45, 2.75) is 19.9 Å². The van der Waals surface area contributed by atoms with Crippen LogP contribution in [0.2, 0.25) is 0 Å². The van der Waals surface area contributed by atoms with Crippen LogP contribution in [0.15, 0.2) is 0 Å². The molecule has 0 aliphatic rings. The monoisotopic (exact) mass is 278 g/mol. The lowest BCUT2D eigenvalue weighted by Crippen LogP contribution is -2.45. The smallest absolute Gasteiger partial charge is 0.329 e. The van der Waals surface area contributed by atoms with Crippen molar-refractivity contribution in [2.24, 2.45) is 0 Å². The number of amides is 1. The molecule has 0 saturated heterocycles. The summed E-state index contributed by atoms with van der Waals surface area (Å²) in [7, 11) is 0. The van der Waals surface area contributed by atoms with Crippen LogP contribution in [0.5, 0.6) is 0 Å². The zero-order valence-electron chi connectivity index (χ0n) is 10.0. The van der Waals surface area contributed by atoms with Crippen LogP contribution in [0.1, 0.15) is 13.8 Å². The molecular formula is C9H14N2O6S.